The Morgan fingerprint density at radius 3 is 2.76 bits per heavy atom. The van der Waals surface area contributed by atoms with Crippen LogP contribution in [0.5, 0.6) is 11.5 Å². The molecule has 0 bridgehead atoms. The average molecular weight is 251 g/mol. The summed E-state index contributed by atoms with van der Waals surface area (Å²) in [6.45, 7) is 7.46. The van der Waals surface area contributed by atoms with Gasteiger partial charge in [0.05, 0.1) is 22.9 Å². The highest BCUT2D eigenvalue weighted by Gasteiger charge is 2.10. The third-order valence-electron chi connectivity index (χ3n) is 2.31. The first-order chi connectivity index (χ1) is 8.24. The van der Waals surface area contributed by atoms with Crippen LogP contribution >= 0.6 is 11.3 Å². The van der Waals surface area contributed by atoms with Crippen LogP contribution < -0.4 is 9.47 Å². The summed E-state index contributed by atoms with van der Waals surface area (Å²) in [5.74, 6) is 1.69. The van der Waals surface area contributed by atoms with Gasteiger partial charge in [0, 0.05) is 6.07 Å². The molecule has 0 amide bonds. The van der Waals surface area contributed by atoms with Crippen LogP contribution in [0.3, 0.4) is 0 Å². The zero-order valence-corrected chi connectivity index (χ0v) is 11.3. The molecule has 0 spiro atoms. The van der Waals surface area contributed by atoms with E-state index in [2.05, 4.69) is 11.9 Å². The fourth-order valence-corrected chi connectivity index (χ4v) is 2.53. The molecule has 4 heteroatoms. The van der Waals surface area contributed by atoms with Gasteiger partial charge in [0.2, 0.25) is 0 Å². The van der Waals surface area contributed by atoms with E-state index in [9.17, 15) is 0 Å². The number of aryl methyl sites for hydroxylation is 1. The van der Waals surface area contributed by atoms with Crippen LogP contribution in [-0.4, -0.2) is 18.2 Å². The number of aromatic nitrogens is 1. The predicted molar refractivity (Wildman–Crippen MR) is 71.3 cm³/mol. The van der Waals surface area contributed by atoms with Crippen LogP contribution in [0.25, 0.3) is 10.2 Å². The largest absolute Gasteiger partial charge is 0.494 e. The van der Waals surface area contributed by atoms with Crippen LogP contribution in [-0.2, 0) is 0 Å². The molecular formula is C13H17NO2S. The standard InChI is InChI=1S/C13H17NO2S/c1-4-6-16-11-7-10(15-5-2)8-12-13(11)14-9(3)17-12/h7-8H,4-6H2,1-3H3. The van der Waals surface area contributed by atoms with Gasteiger partial charge in [-0.1, -0.05) is 6.92 Å². The molecule has 17 heavy (non-hydrogen) atoms. The molecule has 0 aliphatic carbocycles. The topological polar surface area (TPSA) is 31.4 Å². The van der Waals surface area contributed by atoms with Gasteiger partial charge in [0.25, 0.3) is 0 Å². The summed E-state index contributed by atoms with van der Waals surface area (Å²) >= 11 is 1.67. The quantitative estimate of drug-likeness (QED) is 0.810. The Hall–Kier alpha value is -1.29. The monoisotopic (exact) mass is 251 g/mol. The van der Waals surface area contributed by atoms with E-state index in [4.69, 9.17) is 9.47 Å². The lowest BCUT2D eigenvalue weighted by atomic mass is 10.3. The van der Waals surface area contributed by atoms with Crippen molar-refractivity contribution in [2.75, 3.05) is 13.2 Å². The highest BCUT2D eigenvalue weighted by molar-refractivity contribution is 7.18. The third kappa shape index (κ3) is 2.69. The van der Waals surface area contributed by atoms with E-state index in [0.717, 1.165) is 33.1 Å². The minimum atomic E-state index is 0.663. The zero-order chi connectivity index (χ0) is 12.3. The molecule has 0 fully saturated rings. The summed E-state index contributed by atoms with van der Waals surface area (Å²) < 4.78 is 12.4. The molecule has 0 N–H and O–H groups in total. The Bertz CT molecular complexity index is 507. The van der Waals surface area contributed by atoms with Crippen LogP contribution in [0, 0.1) is 6.92 Å². The summed E-state index contributed by atoms with van der Waals surface area (Å²) in [6.07, 6.45) is 0.990. The smallest absolute Gasteiger partial charge is 0.150 e. The fourth-order valence-electron chi connectivity index (χ4n) is 1.66. The van der Waals surface area contributed by atoms with Crippen molar-refractivity contribution in [1.82, 2.24) is 4.98 Å². The predicted octanol–water partition coefficient (Wildman–Crippen LogP) is 3.79. The number of hydrogen-bond donors (Lipinski definition) is 0. The second kappa shape index (κ2) is 5.36. The average Bonchev–Trinajstić information content (AvgIpc) is 2.67. The van der Waals surface area contributed by atoms with E-state index in [1.165, 1.54) is 0 Å². The Kier molecular flexibility index (Phi) is 3.84. The van der Waals surface area contributed by atoms with Crippen molar-refractivity contribution in [3.63, 3.8) is 0 Å². The second-order valence-electron chi connectivity index (χ2n) is 3.78. The van der Waals surface area contributed by atoms with E-state index >= 15 is 0 Å². The normalized spacial score (nSPS) is 10.8. The van der Waals surface area contributed by atoms with Crippen molar-refractivity contribution in [3.05, 3.63) is 17.1 Å². The fraction of sp³-hybridized carbons (Fsp3) is 0.462. The molecular weight excluding hydrogens is 234 g/mol. The Labute approximate surface area is 105 Å². The van der Waals surface area contributed by atoms with E-state index < -0.39 is 0 Å². The molecule has 0 unspecified atom stereocenters. The zero-order valence-electron chi connectivity index (χ0n) is 10.4. The molecule has 2 rings (SSSR count). The van der Waals surface area contributed by atoms with Crippen molar-refractivity contribution in [3.8, 4) is 11.5 Å². The van der Waals surface area contributed by atoms with Gasteiger partial charge in [-0.2, -0.15) is 0 Å². The van der Waals surface area contributed by atoms with Gasteiger partial charge in [0.1, 0.15) is 17.0 Å². The van der Waals surface area contributed by atoms with E-state index in [1.54, 1.807) is 11.3 Å². The summed E-state index contributed by atoms with van der Waals surface area (Å²) in [5, 5.41) is 1.05. The SMILES string of the molecule is CCCOc1cc(OCC)cc2sc(C)nc12. The van der Waals surface area contributed by atoms with Crippen LogP contribution in [0.2, 0.25) is 0 Å². The van der Waals surface area contributed by atoms with Gasteiger partial charge in [-0.15, -0.1) is 11.3 Å². The number of rotatable bonds is 5. The molecule has 3 nitrogen and oxygen atoms in total. The van der Waals surface area contributed by atoms with Gasteiger partial charge in [-0.3, -0.25) is 0 Å². The molecule has 0 saturated carbocycles. The summed E-state index contributed by atoms with van der Waals surface area (Å²) in [7, 11) is 0. The molecule has 0 saturated heterocycles. The van der Waals surface area contributed by atoms with Gasteiger partial charge >= 0.3 is 0 Å². The minimum Gasteiger partial charge on any atom is -0.494 e. The van der Waals surface area contributed by atoms with Crippen molar-refractivity contribution < 1.29 is 9.47 Å². The van der Waals surface area contributed by atoms with E-state index in [0.29, 0.717) is 13.2 Å². The number of fused-ring (bicyclic) bond motifs is 1. The first-order valence-corrected chi connectivity index (χ1v) is 6.73. The second-order valence-corrected chi connectivity index (χ2v) is 5.02. The molecule has 1 aromatic heterocycles. The first kappa shape index (κ1) is 12.2. The molecule has 92 valence electrons. The maximum absolute atomic E-state index is 5.73. The van der Waals surface area contributed by atoms with Crippen molar-refractivity contribution in [2.24, 2.45) is 0 Å². The molecule has 1 aromatic carbocycles. The number of benzene rings is 1. The van der Waals surface area contributed by atoms with Crippen LogP contribution in [0.15, 0.2) is 12.1 Å². The lowest BCUT2D eigenvalue weighted by molar-refractivity contribution is 0.312. The summed E-state index contributed by atoms with van der Waals surface area (Å²) in [5.41, 5.74) is 0.949. The molecule has 2 aromatic rings. The molecule has 1 heterocycles. The van der Waals surface area contributed by atoms with Crippen LogP contribution in [0.1, 0.15) is 25.3 Å². The summed E-state index contributed by atoms with van der Waals surface area (Å²) in [4.78, 5) is 4.51. The van der Waals surface area contributed by atoms with Gasteiger partial charge in [-0.25, -0.2) is 4.98 Å². The minimum absolute atomic E-state index is 0.663. The van der Waals surface area contributed by atoms with E-state index in [-0.39, 0.29) is 0 Å². The maximum Gasteiger partial charge on any atom is 0.150 e. The maximum atomic E-state index is 5.73. The van der Waals surface area contributed by atoms with E-state index in [1.807, 2.05) is 26.0 Å². The van der Waals surface area contributed by atoms with Crippen LogP contribution in [0.4, 0.5) is 0 Å². The highest BCUT2D eigenvalue weighted by Crippen LogP contribution is 2.34. The number of hydrogen-bond acceptors (Lipinski definition) is 4. The highest BCUT2D eigenvalue weighted by atomic mass is 32.1. The molecule has 0 atom stereocenters. The Morgan fingerprint density at radius 1 is 1.24 bits per heavy atom. The lowest BCUT2D eigenvalue weighted by Crippen LogP contribution is -1.97. The Balaban J connectivity index is 2.44. The number of thiazole rings is 1. The van der Waals surface area contributed by atoms with Crippen molar-refractivity contribution in [1.29, 1.82) is 0 Å². The van der Waals surface area contributed by atoms with Gasteiger partial charge in [-0.05, 0) is 26.3 Å². The number of ether oxygens (including phenoxy) is 2. The molecule has 0 radical (unpaired) electrons. The van der Waals surface area contributed by atoms with Gasteiger partial charge < -0.3 is 9.47 Å². The number of nitrogens with zero attached hydrogens (tertiary/aromatic N) is 1. The molecule has 0 aliphatic rings. The summed E-state index contributed by atoms with van der Waals surface area (Å²) in [6, 6.07) is 3.96. The molecule has 0 aliphatic heterocycles. The van der Waals surface area contributed by atoms with Crippen molar-refractivity contribution in [2.45, 2.75) is 27.2 Å². The Morgan fingerprint density at radius 2 is 2.06 bits per heavy atom. The van der Waals surface area contributed by atoms with Gasteiger partial charge in [0.15, 0.2) is 0 Å². The first-order valence-electron chi connectivity index (χ1n) is 5.91. The third-order valence-corrected chi connectivity index (χ3v) is 3.23. The lowest BCUT2D eigenvalue weighted by Gasteiger charge is -2.08. The van der Waals surface area contributed by atoms with Crippen molar-refractivity contribution >= 4 is 21.6 Å².